The molecule has 4 nitrogen and oxygen atoms in total. The molecule has 0 spiro atoms. The lowest BCUT2D eigenvalue weighted by atomic mass is 10.1. The maximum Gasteiger partial charge on any atom is 0.416 e. The molecule has 0 aliphatic heterocycles. The average molecular weight is 296 g/mol. The van der Waals surface area contributed by atoms with E-state index in [1.165, 1.54) is 24.4 Å². The van der Waals surface area contributed by atoms with Crippen molar-refractivity contribution in [2.24, 2.45) is 0 Å². The first kappa shape index (κ1) is 14.8. The number of alkyl halides is 3. The van der Waals surface area contributed by atoms with Gasteiger partial charge in [-0.25, -0.2) is 9.78 Å². The first-order chi connectivity index (χ1) is 9.88. The molecule has 0 radical (unpaired) electrons. The Hall–Kier alpha value is -2.57. The Morgan fingerprint density at radius 2 is 2.00 bits per heavy atom. The zero-order valence-electron chi connectivity index (χ0n) is 10.7. The molecule has 1 aromatic heterocycles. The summed E-state index contributed by atoms with van der Waals surface area (Å²) in [4.78, 5) is 14.7. The van der Waals surface area contributed by atoms with Crippen molar-refractivity contribution in [3.05, 3.63) is 59.4 Å². The molecule has 0 saturated carbocycles. The molecule has 2 N–H and O–H groups in total. The number of hydrogen-bond donors (Lipinski definition) is 2. The molecule has 2 aromatic rings. The van der Waals surface area contributed by atoms with Crippen molar-refractivity contribution in [1.29, 1.82) is 0 Å². The minimum Gasteiger partial charge on any atom is -0.476 e. The number of nitrogens with one attached hydrogen (secondary N) is 1. The van der Waals surface area contributed by atoms with E-state index in [1.807, 2.05) is 0 Å². The molecule has 0 aliphatic carbocycles. The third kappa shape index (κ3) is 3.71. The van der Waals surface area contributed by atoms with Gasteiger partial charge in [0, 0.05) is 12.7 Å². The Labute approximate surface area is 118 Å². The minimum atomic E-state index is -4.41. The second-order valence-corrected chi connectivity index (χ2v) is 4.26. The first-order valence-electron chi connectivity index (χ1n) is 5.96. The van der Waals surface area contributed by atoms with E-state index < -0.39 is 17.7 Å². The molecule has 1 heterocycles. The fraction of sp³-hybridized carbons (Fsp3) is 0.143. The topological polar surface area (TPSA) is 62.2 Å². The number of aromatic nitrogens is 1. The van der Waals surface area contributed by atoms with Gasteiger partial charge < -0.3 is 10.4 Å². The van der Waals surface area contributed by atoms with Crippen molar-refractivity contribution >= 4 is 11.7 Å². The van der Waals surface area contributed by atoms with Gasteiger partial charge in [-0.1, -0.05) is 12.1 Å². The summed E-state index contributed by atoms with van der Waals surface area (Å²) in [5, 5.41) is 11.7. The third-order valence-corrected chi connectivity index (χ3v) is 2.75. The predicted molar refractivity (Wildman–Crippen MR) is 70.0 cm³/mol. The van der Waals surface area contributed by atoms with Gasteiger partial charge in [0.2, 0.25) is 0 Å². The molecule has 0 saturated heterocycles. The number of benzene rings is 1. The summed E-state index contributed by atoms with van der Waals surface area (Å²) in [7, 11) is 0. The summed E-state index contributed by atoms with van der Waals surface area (Å²) in [5.41, 5.74) is -0.275. The molecule has 1 aromatic carbocycles. The number of aromatic carboxylic acids is 1. The Balaban J connectivity index is 2.16. The molecule has 0 atom stereocenters. The highest BCUT2D eigenvalue weighted by atomic mass is 19.4. The van der Waals surface area contributed by atoms with E-state index in [1.54, 1.807) is 6.07 Å². The Morgan fingerprint density at radius 1 is 1.24 bits per heavy atom. The molecule has 0 unspecified atom stereocenters. The lowest BCUT2D eigenvalue weighted by Crippen LogP contribution is -2.09. The number of halogens is 3. The van der Waals surface area contributed by atoms with Gasteiger partial charge in [-0.2, -0.15) is 13.2 Å². The molecule has 0 aliphatic rings. The van der Waals surface area contributed by atoms with Crippen molar-refractivity contribution in [2.75, 3.05) is 5.32 Å². The second-order valence-electron chi connectivity index (χ2n) is 4.26. The quantitative estimate of drug-likeness (QED) is 0.907. The highest BCUT2D eigenvalue weighted by Crippen LogP contribution is 2.29. The lowest BCUT2D eigenvalue weighted by Gasteiger charge is -2.11. The zero-order chi connectivity index (χ0) is 15.5. The van der Waals surface area contributed by atoms with Crippen molar-refractivity contribution in [2.45, 2.75) is 12.7 Å². The average Bonchev–Trinajstić information content (AvgIpc) is 2.45. The largest absolute Gasteiger partial charge is 0.476 e. The van der Waals surface area contributed by atoms with E-state index in [2.05, 4.69) is 10.3 Å². The highest BCUT2D eigenvalue weighted by molar-refractivity contribution is 5.91. The van der Waals surface area contributed by atoms with Gasteiger partial charge >= 0.3 is 12.1 Å². The van der Waals surface area contributed by atoms with Crippen molar-refractivity contribution in [1.82, 2.24) is 4.98 Å². The van der Waals surface area contributed by atoms with Gasteiger partial charge in [0.1, 0.15) is 0 Å². The predicted octanol–water partition coefficient (Wildman–Crippen LogP) is 3.41. The lowest BCUT2D eigenvalue weighted by molar-refractivity contribution is -0.137. The maximum atomic E-state index is 12.6. The second kappa shape index (κ2) is 5.82. The molecule has 21 heavy (non-hydrogen) atoms. The molecular weight excluding hydrogens is 285 g/mol. The van der Waals surface area contributed by atoms with E-state index in [0.29, 0.717) is 5.56 Å². The third-order valence-electron chi connectivity index (χ3n) is 2.75. The summed E-state index contributed by atoms with van der Waals surface area (Å²) in [6, 6.07) is 7.88. The van der Waals surface area contributed by atoms with Crippen molar-refractivity contribution < 1.29 is 23.1 Å². The van der Waals surface area contributed by atoms with Crippen LogP contribution in [0.15, 0.2) is 42.6 Å². The maximum absolute atomic E-state index is 12.6. The Morgan fingerprint density at radius 3 is 2.67 bits per heavy atom. The molecule has 0 bridgehead atoms. The number of rotatable bonds is 4. The normalized spacial score (nSPS) is 11.2. The first-order valence-corrected chi connectivity index (χ1v) is 5.96. The Bertz CT molecular complexity index is 657. The molecule has 7 heteroatoms. The van der Waals surface area contributed by atoms with Crippen LogP contribution in [-0.4, -0.2) is 16.1 Å². The van der Waals surface area contributed by atoms with Gasteiger partial charge in [0.05, 0.1) is 11.3 Å². The Kier molecular flexibility index (Phi) is 4.11. The number of pyridine rings is 1. The summed E-state index contributed by atoms with van der Waals surface area (Å²) >= 11 is 0. The fourth-order valence-corrected chi connectivity index (χ4v) is 1.77. The number of carbonyl (C=O) groups is 1. The van der Waals surface area contributed by atoms with Crippen molar-refractivity contribution in [3.8, 4) is 0 Å². The van der Waals surface area contributed by atoms with Crippen LogP contribution in [0.1, 0.15) is 21.6 Å². The number of anilines is 1. The molecule has 2 rings (SSSR count). The summed E-state index contributed by atoms with van der Waals surface area (Å²) in [5.74, 6) is -1.21. The van der Waals surface area contributed by atoms with Gasteiger partial charge in [-0.15, -0.1) is 0 Å². The van der Waals surface area contributed by atoms with E-state index in [-0.39, 0.29) is 17.9 Å². The van der Waals surface area contributed by atoms with E-state index >= 15 is 0 Å². The van der Waals surface area contributed by atoms with Gasteiger partial charge in [0.15, 0.2) is 5.69 Å². The molecule has 110 valence electrons. The van der Waals surface area contributed by atoms with Crippen LogP contribution < -0.4 is 5.32 Å². The van der Waals surface area contributed by atoms with Crippen molar-refractivity contribution in [3.63, 3.8) is 0 Å². The smallest absolute Gasteiger partial charge is 0.416 e. The number of carboxylic acid groups (broad SMARTS) is 1. The monoisotopic (exact) mass is 296 g/mol. The molecular formula is C14H11F3N2O2. The van der Waals surface area contributed by atoms with E-state index in [9.17, 15) is 18.0 Å². The van der Waals surface area contributed by atoms with Crippen LogP contribution >= 0.6 is 0 Å². The van der Waals surface area contributed by atoms with E-state index in [0.717, 1.165) is 12.1 Å². The minimum absolute atomic E-state index is 0.0654. The van der Waals surface area contributed by atoms with Crippen LogP contribution in [-0.2, 0) is 12.7 Å². The zero-order valence-corrected chi connectivity index (χ0v) is 10.7. The SMILES string of the molecule is O=C(O)c1ncccc1NCc1cccc(C(F)(F)F)c1. The van der Waals surface area contributed by atoms with Crippen LogP contribution in [0.25, 0.3) is 0 Å². The van der Waals surface area contributed by atoms with Crippen LogP contribution in [0, 0.1) is 0 Å². The van der Waals surface area contributed by atoms with Crippen LogP contribution in [0.2, 0.25) is 0 Å². The van der Waals surface area contributed by atoms with Gasteiger partial charge in [0.25, 0.3) is 0 Å². The van der Waals surface area contributed by atoms with Gasteiger partial charge in [-0.05, 0) is 29.8 Å². The summed E-state index contributed by atoms with van der Waals surface area (Å²) < 4.78 is 37.8. The highest BCUT2D eigenvalue weighted by Gasteiger charge is 2.30. The van der Waals surface area contributed by atoms with Crippen LogP contribution in [0.5, 0.6) is 0 Å². The summed E-state index contributed by atoms with van der Waals surface area (Å²) in [6.07, 6.45) is -3.07. The number of carboxylic acids is 1. The molecule has 0 amide bonds. The van der Waals surface area contributed by atoms with E-state index in [4.69, 9.17) is 5.11 Å². The number of nitrogens with zero attached hydrogens (tertiary/aromatic N) is 1. The molecule has 0 fully saturated rings. The van der Waals surface area contributed by atoms with Gasteiger partial charge in [-0.3, -0.25) is 0 Å². The standard InChI is InChI=1S/C14H11F3N2O2/c15-14(16,17)10-4-1-3-9(7-10)8-19-11-5-2-6-18-12(11)13(20)21/h1-7,19H,8H2,(H,20,21). The summed E-state index contributed by atoms with van der Waals surface area (Å²) in [6.45, 7) is 0.0654. The van der Waals surface area contributed by atoms with Crippen LogP contribution in [0.3, 0.4) is 0 Å². The number of hydrogen-bond acceptors (Lipinski definition) is 3. The fourth-order valence-electron chi connectivity index (χ4n) is 1.77. The van der Waals surface area contributed by atoms with Crippen LogP contribution in [0.4, 0.5) is 18.9 Å².